The van der Waals surface area contributed by atoms with Crippen molar-refractivity contribution in [2.45, 2.75) is 52.1 Å². The minimum atomic E-state index is -0.632. The molecule has 3 rings (SSSR count). The average Bonchev–Trinajstić information content (AvgIpc) is 3.33. The lowest BCUT2D eigenvalue weighted by atomic mass is 10.1. The third kappa shape index (κ3) is 7.05. The Morgan fingerprint density at radius 2 is 1.58 bits per heavy atom. The number of carbonyl (C=O) groups excluding carboxylic acids is 3. The molecule has 3 unspecified atom stereocenters. The maximum atomic E-state index is 12.9. The van der Waals surface area contributed by atoms with Crippen molar-refractivity contribution in [2.75, 3.05) is 26.4 Å². The maximum absolute atomic E-state index is 12.9. The van der Waals surface area contributed by atoms with Crippen LogP contribution >= 0.6 is 8.15 Å². The fourth-order valence-electron chi connectivity index (χ4n) is 4.28. The van der Waals surface area contributed by atoms with E-state index in [2.05, 4.69) is 12.0 Å². The lowest BCUT2D eigenvalue weighted by molar-refractivity contribution is -0.153. The fraction of sp³-hybridized carbons (Fsp3) is 0.444. The summed E-state index contributed by atoms with van der Waals surface area (Å²) in [4.78, 5) is 39.4. The van der Waals surface area contributed by atoms with Crippen LogP contribution in [-0.4, -0.2) is 61.2 Å². The van der Waals surface area contributed by atoms with Gasteiger partial charge in [0, 0.05) is 23.5 Å². The zero-order valence-electron chi connectivity index (χ0n) is 21.4. The standard InChI is InChI=1S/C27H35N2O6P/c1-5-20-10-17-24(27(32)33-6-2)29(20)25(30)18-28-26(31)19-8-11-21(12-9-19)35-22-13-15-23(16-14-22)36(4)34-7-3/h8-9,11-16,20,24H,5-7,10,17-18H2,1-4H3,(H,28,31). The molecule has 1 heterocycles. The van der Waals surface area contributed by atoms with E-state index in [4.69, 9.17) is 14.0 Å². The monoisotopic (exact) mass is 514 g/mol. The first kappa shape index (κ1) is 27.6. The molecule has 0 bridgehead atoms. The molecule has 36 heavy (non-hydrogen) atoms. The zero-order chi connectivity index (χ0) is 26.1. The van der Waals surface area contributed by atoms with E-state index in [1.54, 1.807) is 36.1 Å². The number of esters is 1. The summed E-state index contributed by atoms with van der Waals surface area (Å²) in [6, 6.07) is 13.9. The Morgan fingerprint density at radius 3 is 2.17 bits per heavy atom. The molecule has 2 amide bonds. The molecule has 0 aromatic heterocycles. The van der Waals surface area contributed by atoms with Gasteiger partial charge in [0.2, 0.25) is 5.91 Å². The number of rotatable bonds is 11. The SMILES string of the molecule is CCOC(=O)C1CCC(CC)N1C(=O)CNC(=O)c1ccc(Oc2ccc(P(C)OCC)cc2)cc1. The number of hydrogen-bond donors (Lipinski definition) is 1. The van der Waals surface area contributed by atoms with Gasteiger partial charge in [0.1, 0.15) is 17.5 Å². The number of likely N-dealkylation sites (tertiary alicyclic amines) is 1. The van der Waals surface area contributed by atoms with Gasteiger partial charge in [-0.1, -0.05) is 6.92 Å². The summed E-state index contributed by atoms with van der Waals surface area (Å²) in [5.41, 5.74) is 0.411. The quantitative estimate of drug-likeness (QED) is 0.356. The number of amides is 2. The van der Waals surface area contributed by atoms with Crippen molar-refractivity contribution in [3.05, 3.63) is 54.1 Å². The number of nitrogens with one attached hydrogen (secondary N) is 1. The van der Waals surface area contributed by atoms with Crippen molar-refractivity contribution in [3.63, 3.8) is 0 Å². The Hall–Kier alpha value is -2.96. The van der Waals surface area contributed by atoms with E-state index in [1.807, 2.05) is 38.1 Å². The summed E-state index contributed by atoms with van der Waals surface area (Å²) in [5, 5.41) is 3.81. The Labute approximate surface area is 214 Å². The van der Waals surface area contributed by atoms with E-state index in [-0.39, 0.29) is 37.0 Å². The molecule has 0 spiro atoms. The molecule has 1 N–H and O–H groups in total. The molecule has 2 aromatic carbocycles. The molecule has 9 heteroatoms. The number of nitrogens with zero attached hydrogens (tertiary/aromatic N) is 1. The minimum absolute atomic E-state index is 0.0298. The van der Waals surface area contributed by atoms with Gasteiger partial charge in [0.05, 0.1) is 21.3 Å². The van der Waals surface area contributed by atoms with Crippen molar-refractivity contribution in [2.24, 2.45) is 0 Å². The van der Waals surface area contributed by atoms with E-state index in [0.717, 1.165) is 18.1 Å². The van der Waals surface area contributed by atoms with Crippen LogP contribution in [0, 0.1) is 0 Å². The largest absolute Gasteiger partial charge is 0.464 e. The molecule has 3 atom stereocenters. The Kier molecular flexibility index (Phi) is 10.3. The third-order valence-electron chi connectivity index (χ3n) is 6.10. The number of hydrogen-bond acceptors (Lipinski definition) is 6. The van der Waals surface area contributed by atoms with E-state index >= 15 is 0 Å². The third-order valence-corrected chi connectivity index (χ3v) is 7.77. The molecular weight excluding hydrogens is 479 g/mol. The first-order valence-electron chi connectivity index (χ1n) is 12.4. The topological polar surface area (TPSA) is 94.2 Å². The van der Waals surface area contributed by atoms with Crippen LogP contribution in [0.5, 0.6) is 11.5 Å². The maximum Gasteiger partial charge on any atom is 0.328 e. The molecule has 8 nitrogen and oxygen atoms in total. The van der Waals surface area contributed by atoms with Crippen molar-refractivity contribution < 1.29 is 28.4 Å². The summed E-state index contributed by atoms with van der Waals surface area (Å²) in [7, 11) is -0.632. The average molecular weight is 515 g/mol. The Balaban J connectivity index is 1.55. The van der Waals surface area contributed by atoms with Gasteiger partial charge in [0.25, 0.3) is 5.91 Å². The number of benzene rings is 2. The second kappa shape index (κ2) is 13.4. The second-order valence-electron chi connectivity index (χ2n) is 8.43. The van der Waals surface area contributed by atoms with Crippen LogP contribution in [-0.2, 0) is 18.8 Å². The highest BCUT2D eigenvalue weighted by molar-refractivity contribution is 7.60. The molecule has 194 valence electrons. The van der Waals surface area contributed by atoms with Gasteiger partial charge >= 0.3 is 5.97 Å². The van der Waals surface area contributed by atoms with E-state index in [1.165, 1.54) is 0 Å². The Morgan fingerprint density at radius 1 is 0.944 bits per heavy atom. The van der Waals surface area contributed by atoms with Gasteiger partial charge in [-0.15, -0.1) is 0 Å². The summed E-state index contributed by atoms with van der Waals surface area (Å²) in [6.45, 7) is 8.54. The van der Waals surface area contributed by atoms with Crippen LogP contribution in [0.3, 0.4) is 0 Å². The highest BCUT2D eigenvalue weighted by atomic mass is 31.1. The van der Waals surface area contributed by atoms with Crippen molar-refractivity contribution in [3.8, 4) is 11.5 Å². The molecular formula is C27H35N2O6P. The van der Waals surface area contributed by atoms with Crippen LogP contribution in [0.2, 0.25) is 0 Å². The van der Waals surface area contributed by atoms with Crippen molar-refractivity contribution >= 4 is 31.2 Å². The van der Waals surface area contributed by atoms with Gasteiger partial charge < -0.3 is 24.2 Å². The molecule has 0 aliphatic carbocycles. The van der Waals surface area contributed by atoms with Crippen LogP contribution in [0.15, 0.2) is 48.5 Å². The lowest BCUT2D eigenvalue weighted by Crippen LogP contribution is -2.49. The second-order valence-corrected chi connectivity index (χ2v) is 10.2. The van der Waals surface area contributed by atoms with Gasteiger partial charge in [-0.25, -0.2) is 4.79 Å². The van der Waals surface area contributed by atoms with E-state index < -0.39 is 14.2 Å². The smallest absolute Gasteiger partial charge is 0.328 e. The molecule has 2 aromatic rings. The minimum Gasteiger partial charge on any atom is -0.464 e. The van der Waals surface area contributed by atoms with E-state index in [0.29, 0.717) is 30.1 Å². The van der Waals surface area contributed by atoms with Crippen molar-refractivity contribution in [1.29, 1.82) is 0 Å². The Bertz CT molecular complexity index is 1030. The number of carbonyl (C=O) groups is 3. The summed E-state index contributed by atoms with van der Waals surface area (Å²) >= 11 is 0. The predicted molar refractivity (Wildman–Crippen MR) is 140 cm³/mol. The first-order chi connectivity index (χ1) is 17.4. The molecule has 1 fully saturated rings. The molecule has 0 radical (unpaired) electrons. The van der Waals surface area contributed by atoms with Gasteiger partial charge in [-0.2, -0.15) is 0 Å². The lowest BCUT2D eigenvalue weighted by Gasteiger charge is -2.28. The summed E-state index contributed by atoms with van der Waals surface area (Å²) in [6.07, 6.45) is 2.07. The van der Waals surface area contributed by atoms with Gasteiger partial charge in [0.15, 0.2) is 0 Å². The predicted octanol–water partition coefficient (Wildman–Crippen LogP) is 4.23. The van der Waals surface area contributed by atoms with Crippen molar-refractivity contribution in [1.82, 2.24) is 10.2 Å². The van der Waals surface area contributed by atoms with E-state index in [9.17, 15) is 14.4 Å². The van der Waals surface area contributed by atoms with Crippen LogP contribution < -0.4 is 15.4 Å². The van der Waals surface area contributed by atoms with Gasteiger partial charge in [-0.05, 0) is 88.3 Å². The molecule has 1 aliphatic heterocycles. The molecule has 1 aliphatic rings. The van der Waals surface area contributed by atoms with Crippen LogP contribution in [0.1, 0.15) is 50.4 Å². The van der Waals surface area contributed by atoms with Crippen LogP contribution in [0.25, 0.3) is 0 Å². The normalized spacial score (nSPS) is 17.9. The molecule has 1 saturated heterocycles. The summed E-state index contributed by atoms with van der Waals surface area (Å²) < 4.78 is 16.7. The molecule has 0 saturated carbocycles. The number of ether oxygens (including phenoxy) is 2. The fourth-order valence-corrected chi connectivity index (χ4v) is 5.39. The first-order valence-corrected chi connectivity index (χ1v) is 14.1. The highest BCUT2D eigenvalue weighted by Crippen LogP contribution is 2.32. The zero-order valence-corrected chi connectivity index (χ0v) is 22.3. The van der Waals surface area contributed by atoms with Gasteiger partial charge in [-0.3, -0.25) is 9.59 Å². The summed E-state index contributed by atoms with van der Waals surface area (Å²) in [5.74, 6) is 0.247. The highest BCUT2D eigenvalue weighted by Gasteiger charge is 2.40. The van der Waals surface area contributed by atoms with Crippen LogP contribution in [0.4, 0.5) is 0 Å².